The molecule has 0 radical (unpaired) electrons. The van der Waals surface area contributed by atoms with Crippen LogP contribution in [0.3, 0.4) is 0 Å². The van der Waals surface area contributed by atoms with Crippen molar-refractivity contribution in [2.45, 2.75) is 70.9 Å². The first-order valence-corrected chi connectivity index (χ1v) is 8.31. The summed E-state index contributed by atoms with van der Waals surface area (Å²) < 4.78 is 0. The van der Waals surface area contributed by atoms with E-state index in [1.807, 2.05) is 4.90 Å². The number of nitrogens with zero attached hydrogens (tertiary/aromatic N) is 1. The number of rotatable bonds is 4. The van der Waals surface area contributed by atoms with Crippen LogP contribution in [0, 0.1) is 11.8 Å². The summed E-state index contributed by atoms with van der Waals surface area (Å²) in [5, 5.41) is 12.5. The van der Waals surface area contributed by atoms with Crippen molar-refractivity contribution in [1.82, 2.24) is 10.2 Å². The van der Waals surface area contributed by atoms with Gasteiger partial charge in [-0.05, 0) is 31.6 Å². The fraction of sp³-hybridized carbons (Fsp3) is 0.938. The number of amides is 2. The summed E-state index contributed by atoms with van der Waals surface area (Å²) in [4.78, 5) is 14.1. The molecular weight excluding hydrogens is 252 g/mol. The zero-order chi connectivity index (χ0) is 14.5. The first kappa shape index (κ1) is 15.6. The van der Waals surface area contributed by atoms with Crippen molar-refractivity contribution in [3.63, 3.8) is 0 Å². The molecule has 1 saturated heterocycles. The number of nitrogens with one attached hydrogen (secondary N) is 1. The summed E-state index contributed by atoms with van der Waals surface area (Å²) in [5.74, 6) is 1.29. The molecule has 1 aliphatic heterocycles. The monoisotopic (exact) mass is 282 g/mol. The summed E-state index contributed by atoms with van der Waals surface area (Å²) in [7, 11) is 0. The third-order valence-electron chi connectivity index (χ3n) is 5.38. The third kappa shape index (κ3) is 3.66. The van der Waals surface area contributed by atoms with Crippen LogP contribution in [0.15, 0.2) is 0 Å². The molecule has 0 bridgehead atoms. The number of aliphatic hydroxyl groups is 1. The van der Waals surface area contributed by atoms with Gasteiger partial charge in [-0.2, -0.15) is 0 Å². The minimum Gasteiger partial charge on any atom is -0.394 e. The van der Waals surface area contributed by atoms with Gasteiger partial charge in [0.05, 0.1) is 12.6 Å². The van der Waals surface area contributed by atoms with Gasteiger partial charge in [-0.15, -0.1) is 0 Å². The lowest BCUT2D eigenvalue weighted by Crippen LogP contribution is -2.49. The normalized spacial score (nSPS) is 27.4. The number of hydrogen-bond donors (Lipinski definition) is 2. The van der Waals surface area contributed by atoms with E-state index in [1.165, 1.54) is 32.1 Å². The Morgan fingerprint density at radius 1 is 1.20 bits per heavy atom. The molecule has 2 aliphatic rings. The second kappa shape index (κ2) is 7.30. The Kier molecular flexibility index (Phi) is 5.70. The van der Waals surface area contributed by atoms with Crippen LogP contribution in [-0.2, 0) is 0 Å². The molecule has 0 spiro atoms. The predicted molar refractivity (Wildman–Crippen MR) is 80.5 cm³/mol. The maximum Gasteiger partial charge on any atom is 0.317 e. The van der Waals surface area contributed by atoms with Gasteiger partial charge in [-0.25, -0.2) is 4.79 Å². The van der Waals surface area contributed by atoms with Crippen molar-refractivity contribution in [2.75, 3.05) is 13.2 Å². The van der Waals surface area contributed by atoms with Crippen molar-refractivity contribution in [1.29, 1.82) is 0 Å². The molecule has 4 nitrogen and oxygen atoms in total. The molecule has 0 aromatic carbocycles. The summed E-state index contributed by atoms with van der Waals surface area (Å²) in [6, 6.07) is 0.245. The van der Waals surface area contributed by atoms with E-state index >= 15 is 0 Å². The Labute approximate surface area is 122 Å². The highest BCUT2D eigenvalue weighted by atomic mass is 16.3. The summed E-state index contributed by atoms with van der Waals surface area (Å²) >= 11 is 0. The Hall–Kier alpha value is -0.770. The molecule has 2 amide bonds. The molecule has 20 heavy (non-hydrogen) atoms. The highest BCUT2D eigenvalue weighted by Crippen LogP contribution is 2.31. The van der Waals surface area contributed by atoms with Crippen LogP contribution < -0.4 is 5.32 Å². The zero-order valence-corrected chi connectivity index (χ0v) is 13.0. The predicted octanol–water partition coefficient (Wildman–Crippen LogP) is 2.76. The average Bonchev–Trinajstić information content (AvgIpc) is 2.95. The molecule has 2 rings (SSSR count). The van der Waals surface area contributed by atoms with Crippen molar-refractivity contribution >= 4 is 6.03 Å². The van der Waals surface area contributed by atoms with Gasteiger partial charge in [-0.1, -0.05) is 39.0 Å². The Balaban J connectivity index is 1.83. The fourth-order valence-corrected chi connectivity index (χ4v) is 3.77. The van der Waals surface area contributed by atoms with E-state index in [1.54, 1.807) is 0 Å². The Bertz CT molecular complexity index is 316. The number of hydrogen-bond acceptors (Lipinski definition) is 2. The quantitative estimate of drug-likeness (QED) is 0.833. The van der Waals surface area contributed by atoms with Gasteiger partial charge in [0.1, 0.15) is 0 Å². The van der Waals surface area contributed by atoms with E-state index in [-0.39, 0.29) is 24.7 Å². The molecule has 2 unspecified atom stereocenters. The van der Waals surface area contributed by atoms with E-state index in [9.17, 15) is 9.90 Å². The molecule has 1 heterocycles. The average molecular weight is 282 g/mol. The molecule has 1 saturated carbocycles. The molecule has 0 aromatic heterocycles. The standard InChI is InChI=1S/C16H30N2O2/c1-12(14-7-4-3-5-8-14)13(2)17-16(20)18-10-6-9-15(18)11-19/h12-15,19H,3-11H2,1-2H3,(H,17,20)/t12?,13?,15-/m0/s1. The molecule has 2 N–H and O–H groups in total. The SMILES string of the molecule is CC(NC(=O)N1CCC[C@H]1CO)C(C)C1CCCCC1. The molecular formula is C16H30N2O2. The van der Waals surface area contributed by atoms with Crippen LogP contribution in [0.25, 0.3) is 0 Å². The fourth-order valence-electron chi connectivity index (χ4n) is 3.77. The lowest BCUT2D eigenvalue weighted by Gasteiger charge is -2.33. The smallest absolute Gasteiger partial charge is 0.317 e. The highest BCUT2D eigenvalue weighted by molar-refractivity contribution is 5.75. The maximum absolute atomic E-state index is 12.3. The van der Waals surface area contributed by atoms with Crippen LogP contribution in [0.2, 0.25) is 0 Å². The van der Waals surface area contributed by atoms with E-state index in [0.29, 0.717) is 5.92 Å². The van der Waals surface area contributed by atoms with Gasteiger partial charge in [0.2, 0.25) is 0 Å². The first-order chi connectivity index (χ1) is 9.63. The molecule has 0 aromatic rings. The molecule has 1 aliphatic carbocycles. The summed E-state index contributed by atoms with van der Waals surface area (Å²) in [6.45, 7) is 5.26. The number of likely N-dealkylation sites (tertiary alicyclic amines) is 1. The Morgan fingerprint density at radius 2 is 1.90 bits per heavy atom. The minimum atomic E-state index is 0.0108. The minimum absolute atomic E-state index is 0.0108. The highest BCUT2D eigenvalue weighted by Gasteiger charge is 2.31. The largest absolute Gasteiger partial charge is 0.394 e. The van der Waals surface area contributed by atoms with Crippen LogP contribution in [0.1, 0.15) is 58.8 Å². The first-order valence-electron chi connectivity index (χ1n) is 8.31. The number of aliphatic hydroxyl groups excluding tert-OH is 1. The number of carbonyl (C=O) groups is 1. The van der Waals surface area contributed by atoms with E-state index in [4.69, 9.17) is 0 Å². The van der Waals surface area contributed by atoms with E-state index in [0.717, 1.165) is 25.3 Å². The topological polar surface area (TPSA) is 52.6 Å². The van der Waals surface area contributed by atoms with Gasteiger partial charge >= 0.3 is 6.03 Å². The van der Waals surface area contributed by atoms with Crippen LogP contribution >= 0.6 is 0 Å². The second-order valence-corrected chi connectivity index (χ2v) is 6.67. The van der Waals surface area contributed by atoms with Gasteiger partial charge in [0.25, 0.3) is 0 Å². The lowest BCUT2D eigenvalue weighted by molar-refractivity contribution is 0.147. The summed E-state index contributed by atoms with van der Waals surface area (Å²) in [6.07, 6.45) is 8.61. The molecule has 116 valence electrons. The van der Waals surface area contributed by atoms with Crippen molar-refractivity contribution in [3.8, 4) is 0 Å². The van der Waals surface area contributed by atoms with Gasteiger partial charge in [-0.3, -0.25) is 0 Å². The lowest BCUT2D eigenvalue weighted by atomic mass is 9.78. The van der Waals surface area contributed by atoms with Gasteiger partial charge in [0.15, 0.2) is 0 Å². The second-order valence-electron chi connectivity index (χ2n) is 6.67. The van der Waals surface area contributed by atoms with Gasteiger partial charge in [0, 0.05) is 12.6 Å². The molecule has 3 atom stereocenters. The van der Waals surface area contributed by atoms with E-state index in [2.05, 4.69) is 19.2 Å². The van der Waals surface area contributed by atoms with Crippen LogP contribution in [0.5, 0.6) is 0 Å². The summed E-state index contributed by atoms with van der Waals surface area (Å²) in [5.41, 5.74) is 0. The van der Waals surface area contributed by atoms with Crippen molar-refractivity contribution in [3.05, 3.63) is 0 Å². The van der Waals surface area contributed by atoms with Crippen LogP contribution in [0.4, 0.5) is 4.79 Å². The van der Waals surface area contributed by atoms with Crippen LogP contribution in [-0.4, -0.2) is 41.3 Å². The van der Waals surface area contributed by atoms with E-state index < -0.39 is 0 Å². The zero-order valence-electron chi connectivity index (χ0n) is 13.0. The van der Waals surface area contributed by atoms with Crippen molar-refractivity contribution < 1.29 is 9.90 Å². The molecule has 2 fully saturated rings. The molecule has 4 heteroatoms. The number of urea groups is 1. The maximum atomic E-state index is 12.3. The third-order valence-corrected chi connectivity index (χ3v) is 5.38. The Morgan fingerprint density at radius 3 is 2.55 bits per heavy atom. The van der Waals surface area contributed by atoms with Gasteiger partial charge < -0.3 is 15.3 Å². The van der Waals surface area contributed by atoms with Crippen molar-refractivity contribution in [2.24, 2.45) is 11.8 Å². The number of carbonyl (C=O) groups excluding carboxylic acids is 1.